The van der Waals surface area contributed by atoms with E-state index < -0.39 is 6.36 Å². The number of amides is 1. The summed E-state index contributed by atoms with van der Waals surface area (Å²) in [6, 6.07) is 12.0. The molecule has 0 radical (unpaired) electrons. The van der Waals surface area contributed by atoms with Crippen molar-refractivity contribution in [2.24, 2.45) is 11.7 Å². The number of benzene rings is 2. The number of hydrogen-bond donors (Lipinski definition) is 2. The molecule has 1 atom stereocenters. The largest absolute Gasteiger partial charge is 0.573 e. The highest BCUT2D eigenvalue weighted by Gasteiger charge is 2.31. The molecule has 178 valence electrons. The van der Waals surface area contributed by atoms with E-state index in [1.165, 1.54) is 24.3 Å². The average Bonchev–Trinajstić information content (AvgIpc) is 2.73. The van der Waals surface area contributed by atoms with Crippen LogP contribution in [0.4, 0.5) is 13.2 Å². The van der Waals surface area contributed by atoms with E-state index in [2.05, 4.69) is 10.1 Å². The molecule has 0 aromatic heterocycles. The van der Waals surface area contributed by atoms with Gasteiger partial charge in [-0.25, -0.2) is 0 Å². The Balaban J connectivity index is 1.92. The number of hydrogen-bond acceptors (Lipinski definition) is 5. The van der Waals surface area contributed by atoms with Crippen LogP contribution in [0.15, 0.2) is 72.0 Å². The minimum atomic E-state index is -4.74. The van der Waals surface area contributed by atoms with Crippen LogP contribution < -0.4 is 20.5 Å². The fraction of sp³-hybridized carbons (Fsp3) is 0.292. The van der Waals surface area contributed by atoms with Crippen LogP contribution in [0.2, 0.25) is 0 Å². The number of halogens is 3. The van der Waals surface area contributed by atoms with E-state index in [-0.39, 0.29) is 24.1 Å². The van der Waals surface area contributed by atoms with Crippen LogP contribution in [0.1, 0.15) is 19.4 Å². The summed E-state index contributed by atoms with van der Waals surface area (Å²) in [6.45, 7) is 4.44. The molecule has 2 aromatic carbocycles. The lowest BCUT2D eigenvalue weighted by Crippen LogP contribution is -2.25. The SMILES string of the molecule is COCC(C)/C=C\C(C(=O)NCc1ccc(Oc2ccc(OC(F)(F)F)cc2)cc1)=C(/C)N. The number of nitrogens with two attached hydrogens (primary N) is 1. The van der Waals surface area contributed by atoms with Gasteiger partial charge in [0.25, 0.3) is 5.91 Å². The molecule has 0 aliphatic heterocycles. The standard InChI is InChI=1S/C24H27F3N2O4/c1-16(15-31-3)4-13-22(17(2)28)23(30)29-14-18-5-7-19(8-6-18)32-20-9-11-21(12-10-20)33-24(25,26)27/h4-13,16H,14-15,28H2,1-3H3,(H,29,30)/b13-4-,22-17-. The lowest BCUT2D eigenvalue weighted by Gasteiger charge is -2.11. The molecule has 9 heteroatoms. The first-order valence-corrected chi connectivity index (χ1v) is 10.1. The Labute approximate surface area is 190 Å². The lowest BCUT2D eigenvalue weighted by molar-refractivity contribution is -0.274. The highest BCUT2D eigenvalue weighted by molar-refractivity contribution is 5.96. The molecule has 0 aliphatic carbocycles. The Morgan fingerprint density at radius 2 is 1.61 bits per heavy atom. The quantitative estimate of drug-likeness (QED) is 0.379. The van der Waals surface area contributed by atoms with Gasteiger partial charge in [0.2, 0.25) is 0 Å². The van der Waals surface area contributed by atoms with E-state index in [0.29, 0.717) is 29.4 Å². The zero-order valence-corrected chi connectivity index (χ0v) is 18.6. The maximum atomic E-state index is 12.5. The number of carbonyl (C=O) groups excluding carboxylic acids is 1. The second kappa shape index (κ2) is 12.0. The number of nitrogens with one attached hydrogen (secondary N) is 1. The monoisotopic (exact) mass is 464 g/mol. The van der Waals surface area contributed by atoms with Gasteiger partial charge in [0.1, 0.15) is 17.2 Å². The van der Waals surface area contributed by atoms with E-state index in [4.69, 9.17) is 15.2 Å². The molecule has 0 saturated heterocycles. The van der Waals surface area contributed by atoms with E-state index in [1.807, 2.05) is 13.0 Å². The van der Waals surface area contributed by atoms with Crippen LogP contribution in [-0.2, 0) is 16.1 Å². The molecule has 0 bridgehead atoms. The molecular weight excluding hydrogens is 437 g/mol. The molecular formula is C24H27F3N2O4. The van der Waals surface area contributed by atoms with Gasteiger partial charge >= 0.3 is 6.36 Å². The molecule has 0 spiro atoms. The fourth-order valence-corrected chi connectivity index (χ4v) is 2.76. The van der Waals surface area contributed by atoms with Gasteiger partial charge in [0.15, 0.2) is 0 Å². The number of allylic oxidation sites excluding steroid dienone is 1. The van der Waals surface area contributed by atoms with Crippen LogP contribution in [-0.4, -0.2) is 26.0 Å². The third-order valence-electron chi connectivity index (χ3n) is 4.36. The molecule has 1 unspecified atom stereocenters. The highest BCUT2D eigenvalue weighted by Crippen LogP contribution is 2.27. The Morgan fingerprint density at radius 3 is 2.12 bits per heavy atom. The first-order valence-electron chi connectivity index (χ1n) is 10.1. The number of alkyl halides is 3. The first kappa shape index (κ1) is 25.8. The third-order valence-corrected chi connectivity index (χ3v) is 4.36. The zero-order valence-electron chi connectivity index (χ0n) is 18.6. The van der Waals surface area contributed by atoms with Crippen LogP contribution in [0, 0.1) is 5.92 Å². The van der Waals surface area contributed by atoms with Crippen molar-refractivity contribution in [1.82, 2.24) is 5.32 Å². The van der Waals surface area contributed by atoms with Gasteiger partial charge in [-0.3, -0.25) is 4.79 Å². The molecule has 0 fully saturated rings. The van der Waals surface area contributed by atoms with Gasteiger partial charge in [-0.2, -0.15) is 0 Å². The summed E-state index contributed by atoms with van der Waals surface area (Å²) < 4.78 is 51.2. The summed E-state index contributed by atoms with van der Waals surface area (Å²) in [6.07, 6.45) is -1.19. The summed E-state index contributed by atoms with van der Waals surface area (Å²) in [7, 11) is 1.61. The van der Waals surface area contributed by atoms with Crippen LogP contribution >= 0.6 is 0 Å². The van der Waals surface area contributed by atoms with Gasteiger partial charge in [-0.15, -0.1) is 13.2 Å². The molecule has 2 aromatic rings. The average molecular weight is 464 g/mol. The van der Waals surface area contributed by atoms with Crippen LogP contribution in [0.5, 0.6) is 17.2 Å². The Bertz CT molecular complexity index is 965. The van der Waals surface area contributed by atoms with Crippen molar-refractivity contribution in [3.63, 3.8) is 0 Å². The molecule has 1 amide bonds. The van der Waals surface area contributed by atoms with E-state index in [1.54, 1.807) is 44.4 Å². The second-order valence-electron chi connectivity index (χ2n) is 7.34. The third kappa shape index (κ3) is 9.28. The predicted octanol–water partition coefficient (Wildman–Crippen LogP) is 5.07. The minimum absolute atomic E-state index is 0.137. The van der Waals surface area contributed by atoms with Gasteiger partial charge in [-0.05, 0) is 54.8 Å². The van der Waals surface area contributed by atoms with Crippen molar-refractivity contribution in [1.29, 1.82) is 0 Å². The summed E-state index contributed by atoms with van der Waals surface area (Å²) in [5.74, 6) is 0.358. The maximum Gasteiger partial charge on any atom is 0.573 e. The molecule has 0 aliphatic rings. The first-order chi connectivity index (χ1) is 15.6. The normalized spacial score (nSPS) is 13.4. The van der Waals surface area contributed by atoms with Crippen LogP contribution in [0.3, 0.4) is 0 Å². The number of carbonyl (C=O) groups is 1. The smallest absolute Gasteiger partial charge is 0.457 e. The highest BCUT2D eigenvalue weighted by atomic mass is 19.4. The summed E-state index contributed by atoms with van der Waals surface area (Å²) >= 11 is 0. The number of rotatable bonds is 10. The molecule has 33 heavy (non-hydrogen) atoms. The molecule has 2 rings (SSSR count). The predicted molar refractivity (Wildman–Crippen MR) is 119 cm³/mol. The Hall–Kier alpha value is -3.46. The zero-order chi connectivity index (χ0) is 24.4. The summed E-state index contributed by atoms with van der Waals surface area (Å²) in [4.78, 5) is 12.5. The minimum Gasteiger partial charge on any atom is -0.457 e. The summed E-state index contributed by atoms with van der Waals surface area (Å²) in [5, 5.41) is 2.82. The van der Waals surface area contributed by atoms with Crippen molar-refractivity contribution < 1.29 is 32.2 Å². The molecule has 3 N–H and O–H groups in total. The van der Waals surface area contributed by atoms with Gasteiger partial charge in [-0.1, -0.05) is 31.2 Å². The van der Waals surface area contributed by atoms with E-state index >= 15 is 0 Å². The lowest BCUT2D eigenvalue weighted by atomic mass is 10.1. The fourth-order valence-electron chi connectivity index (χ4n) is 2.76. The topological polar surface area (TPSA) is 82.8 Å². The van der Waals surface area contributed by atoms with E-state index in [0.717, 1.165) is 5.56 Å². The van der Waals surface area contributed by atoms with Crippen molar-refractivity contribution in [2.75, 3.05) is 13.7 Å². The number of methoxy groups -OCH3 is 1. The Kier molecular flexibility index (Phi) is 9.35. The van der Waals surface area contributed by atoms with Gasteiger partial charge in [0, 0.05) is 19.4 Å². The second-order valence-corrected chi connectivity index (χ2v) is 7.34. The van der Waals surface area contributed by atoms with Crippen molar-refractivity contribution in [3.8, 4) is 17.2 Å². The van der Waals surface area contributed by atoms with Gasteiger partial charge in [0.05, 0.1) is 12.2 Å². The molecule has 6 nitrogen and oxygen atoms in total. The van der Waals surface area contributed by atoms with Gasteiger partial charge < -0.3 is 25.3 Å². The maximum absolute atomic E-state index is 12.5. The molecule has 0 saturated carbocycles. The van der Waals surface area contributed by atoms with Crippen molar-refractivity contribution >= 4 is 5.91 Å². The number of ether oxygens (including phenoxy) is 3. The Morgan fingerprint density at radius 1 is 1.06 bits per heavy atom. The summed E-state index contributed by atoms with van der Waals surface area (Å²) in [5.41, 5.74) is 7.48. The molecule has 0 heterocycles. The van der Waals surface area contributed by atoms with Crippen molar-refractivity contribution in [2.45, 2.75) is 26.8 Å². The van der Waals surface area contributed by atoms with E-state index in [9.17, 15) is 18.0 Å². The van der Waals surface area contributed by atoms with Crippen molar-refractivity contribution in [3.05, 3.63) is 77.5 Å². The van der Waals surface area contributed by atoms with Crippen LogP contribution in [0.25, 0.3) is 0 Å².